The Balaban J connectivity index is 1.53. The molecule has 3 rings (SSSR count). The number of hydrogen-bond donors (Lipinski definition) is 2. The van der Waals surface area contributed by atoms with E-state index >= 15 is 0 Å². The van der Waals surface area contributed by atoms with Crippen LogP contribution in [0.3, 0.4) is 0 Å². The van der Waals surface area contributed by atoms with Gasteiger partial charge in [-0.3, -0.25) is 4.79 Å². The maximum absolute atomic E-state index is 11.7. The normalized spacial score (nSPS) is 10.3. The lowest BCUT2D eigenvalue weighted by Gasteiger charge is -2.09. The van der Waals surface area contributed by atoms with Crippen molar-refractivity contribution in [3.8, 4) is 34.6 Å². The number of aromatic nitrogens is 2. The lowest BCUT2D eigenvalue weighted by Crippen LogP contribution is -2.12. The molecule has 0 bridgehead atoms. The summed E-state index contributed by atoms with van der Waals surface area (Å²) in [6.07, 6.45) is 2.32. The predicted molar refractivity (Wildman–Crippen MR) is 103 cm³/mol. The summed E-state index contributed by atoms with van der Waals surface area (Å²) in [4.78, 5) is 18.6. The third kappa shape index (κ3) is 4.68. The highest BCUT2D eigenvalue weighted by molar-refractivity contribution is 5.66. The van der Waals surface area contributed by atoms with Crippen LogP contribution >= 0.6 is 0 Å². The minimum absolute atomic E-state index is 0.0644. The van der Waals surface area contributed by atoms with Crippen LogP contribution in [0.25, 0.3) is 11.1 Å². The van der Waals surface area contributed by atoms with Gasteiger partial charge >= 0.3 is 0 Å². The number of ether oxygens (including phenoxy) is 2. The maximum Gasteiger partial charge on any atom is 0.266 e. The summed E-state index contributed by atoms with van der Waals surface area (Å²) >= 11 is 0. The van der Waals surface area contributed by atoms with Crippen LogP contribution < -0.4 is 15.0 Å². The molecular weight excluding hydrogens is 358 g/mol. The second-order valence-corrected chi connectivity index (χ2v) is 6.09. The van der Waals surface area contributed by atoms with Crippen molar-refractivity contribution in [3.63, 3.8) is 0 Å². The molecule has 0 fully saturated rings. The van der Waals surface area contributed by atoms with E-state index in [4.69, 9.17) is 14.7 Å². The van der Waals surface area contributed by atoms with E-state index in [1.54, 1.807) is 49.5 Å². The quantitative estimate of drug-likeness (QED) is 0.612. The van der Waals surface area contributed by atoms with Gasteiger partial charge in [0.2, 0.25) is 5.88 Å². The zero-order valence-corrected chi connectivity index (χ0v) is 15.3. The molecule has 0 radical (unpaired) electrons. The molecule has 0 unspecified atom stereocenters. The number of rotatable bonds is 7. The fraction of sp³-hybridized carbons (Fsp3) is 0.190. The molecule has 0 saturated heterocycles. The third-order valence-corrected chi connectivity index (χ3v) is 4.05. The smallest absolute Gasteiger partial charge is 0.266 e. The molecule has 0 amide bonds. The van der Waals surface area contributed by atoms with E-state index in [0.29, 0.717) is 37.0 Å². The van der Waals surface area contributed by atoms with E-state index in [1.165, 1.54) is 0 Å². The first-order valence-corrected chi connectivity index (χ1v) is 8.72. The molecule has 7 nitrogen and oxygen atoms in total. The number of phenols is 1. The second kappa shape index (κ2) is 8.73. The Kier molecular flexibility index (Phi) is 5.92. The van der Waals surface area contributed by atoms with Crippen LogP contribution in [0.15, 0.2) is 53.5 Å². The minimum atomic E-state index is -0.397. The predicted octanol–water partition coefficient (Wildman–Crippen LogP) is 3.17. The van der Waals surface area contributed by atoms with Gasteiger partial charge in [-0.15, -0.1) is 0 Å². The minimum Gasteiger partial charge on any atom is -0.508 e. The van der Waals surface area contributed by atoms with Crippen molar-refractivity contribution < 1.29 is 14.6 Å². The summed E-state index contributed by atoms with van der Waals surface area (Å²) in [5, 5.41) is 18.2. The number of benzene rings is 1. The number of pyridine rings is 2. The summed E-state index contributed by atoms with van der Waals surface area (Å²) in [7, 11) is 0. The maximum atomic E-state index is 11.7. The standard InChI is InChI=1S/C21H19N3O4/c1-14-19(11-16(12-22)21(26)24-14)15-3-8-20(23-13-15)28-10-2-9-27-18-6-4-17(25)5-7-18/h3-8,11,13,25H,2,9-10H2,1H3,(H,24,26). The van der Waals surface area contributed by atoms with Gasteiger partial charge in [-0.25, -0.2) is 4.98 Å². The van der Waals surface area contributed by atoms with Gasteiger partial charge in [0.15, 0.2) is 0 Å². The van der Waals surface area contributed by atoms with Crippen LogP contribution in [0.2, 0.25) is 0 Å². The molecule has 0 aliphatic rings. The molecule has 0 atom stereocenters. The summed E-state index contributed by atoms with van der Waals surface area (Å²) in [6.45, 7) is 2.70. The first-order chi connectivity index (χ1) is 13.6. The van der Waals surface area contributed by atoms with Crippen LogP contribution in [0.4, 0.5) is 0 Å². The molecule has 0 aliphatic carbocycles. The van der Waals surface area contributed by atoms with E-state index in [2.05, 4.69) is 9.97 Å². The van der Waals surface area contributed by atoms with E-state index in [1.807, 2.05) is 12.1 Å². The van der Waals surface area contributed by atoms with Gasteiger partial charge in [0, 0.05) is 35.5 Å². The molecule has 142 valence electrons. The van der Waals surface area contributed by atoms with Gasteiger partial charge in [-0.1, -0.05) is 0 Å². The number of nitrogens with zero attached hydrogens (tertiary/aromatic N) is 2. The fourth-order valence-electron chi connectivity index (χ4n) is 2.60. The molecule has 1 aromatic carbocycles. The van der Waals surface area contributed by atoms with E-state index in [0.717, 1.165) is 11.1 Å². The number of H-pyrrole nitrogens is 1. The zero-order valence-electron chi connectivity index (χ0n) is 15.3. The Labute approximate surface area is 161 Å². The molecular formula is C21H19N3O4. The number of nitriles is 1. The first-order valence-electron chi connectivity index (χ1n) is 8.72. The summed E-state index contributed by atoms with van der Waals surface area (Å²) in [5.74, 6) is 1.37. The topological polar surface area (TPSA) is 108 Å². The van der Waals surface area contributed by atoms with Crippen molar-refractivity contribution in [2.24, 2.45) is 0 Å². The van der Waals surface area contributed by atoms with Crippen molar-refractivity contribution in [3.05, 3.63) is 70.3 Å². The Morgan fingerprint density at radius 3 is 2.57 bits per heavy atom. The van der Waals surface area contributed by atoms with E-state index in [9.17, 15) is 9.90 Å². The Bertz CT molecular complexity index is 1040. The average Bonchev–Trinajstić information content (AvgIpc) is 2.70. The van der Waals surface area contributed by atoms with Gasteiger partial charge in [-0.2, -0.15) is 5.26 Å². The number of aromatic amines is 1. The van der Waals surface area contributed by atoms with Crippen LogP contribution in [0.5, 0.6) is 17.4 Å². The highest BCUT2D eigenvalue weighted by Gasteiger charge is 2.08. The Hall–Kier alpha value is -3.79. The number of hydrogen-bond acceptors (Lipinski definition) is 6. The summed E-state index contributed by atoms with van der Waals surface area (Å²) < 4.78 is 11.2. The first kappa shape index (κ1) is 19.0. The molecule has 7 heteroatoms. The Morgan fingerprint density at radius 2 is 1.89 bits per heavy atom. The Morgan fingerprint density at radius 1 is 1.14 bits per heavy atom. The summed E-state index contributed by atoms with van der Waals surface area (Å²) in [5.41, 5.74) is 1.87. The highest BCUT2D eigenvalue weighted by atomic mass is 16.5. The van der Waals surface area contributed by atoms with E-state index in [-0.39, 0.29) is 11.3 Å². The lowest BCUT2D eigenvalue weighted by atomic mass is 10.0. The molecule has 2 aromatic heterocycles. The fourth-order valence-corrected chi connectivity index (χ4v) is 2.60. The van der Waals surface area contributed by atoms with Crippen molar-refractivity contribution in [2.75, 3.05) is 13.2 Å². The van der Waals surface area contributed by atoms with Crippen molar-refractivity contribution in [1.29, 1.82) is 5.26 Å². The summed E-state index contributed by atoms with van der Waals surface area (Å²) in [6, 6.07) is 13.6. The van der Waals surface area contributed by atoms with Crippen LogP contribution in [0, 0.1) is 18.3 Å². The number of aromatic hydroxyl groups is 1. The number of phenolic OH excluding ortho intramolecular Hbond substituents is 1. The van der Waals surface area contributed by atoms with Crippen molar-refractivity contribution >= 4 is 0 Å². The van der Waals surface area contributed by atoms with Gasteiger partial charge in [0.05, 0.1) is 13.2 Å². The largest absolute Gasteiger partial charge is 0.508 e. The molecule has 0 saturated carbocycles. The van der Waals surface area contributed by atoms with Gasteiger partial charge in [0.25, 0.3) is 5.56 Å². The molecule has 3 aromatic rings. The van der Waals surface area contributed by atoms with Gasteiger partial charge in [0.1, 0.15) is 23.1 Å². The highest BCUT2D eigenvalue weighted by Crippen LogP contribution is 2.23. The van der Waals surface area contributed by atoms with Crippen molar-refractivity contribution in [1.82, 2.24) is 9.97 Å². The monoisotopic (exact) mass is 377 g/mol. The third-order valence-electron chi connectivity index (χ3n) is 4.05. The van der Waals surface area contributed by atoms with Crippen LogP contribution in [0.1, 0.15) is 17.7 Å². The molecule has 2 N–H and O–H groups in total. The van der Waals surface area contributed by atoms with E-state index < -0.39 is 5.56 Å². The number of nitrogens with one attached hydrogen (secondary N) is 1. The van der Waals surface area contributed by atoms with Crippen LogP contribution in [-0.2, 0) is 0 Å². The molecule has 2 heterocycles. The van der Waals surface area contributed by atoms with Gasteiger partial charge in [-0.05, 0) is 43.3 Å². The van der Waals surface area contributed by atoms with Gasteiger partial charge < -0.3 is 19.6 Å². The van der Waals surface area contributed by atoms with Crippen molar-refractivity contribution in [2.45, 2.75) is 13.3 Å². The average molecular weight is 377 g/mol. The van der Waals surface area contributed by atoms with Crippen LogP contribution in [-0.4, -0.2) is 28.3 Å². The SMILES string of the molecule is Cc1[nH]c(=O)c(C#N)cc1-c1ccc(OCCCOc2ccc(O)cc2)nc1. The number of aryl methyl sites for hydroxylation is 1. The molecule has 0 aliphatic heterocycles. The second-order valence-electron chi connectivity index (χ2n) is 6.09. The molecule has 0 spiro atoms. The zero-order chi connectivity index (χ0) is 19.9. The lowest BCUT2D eigenvalue weighted by molar-refractivity contribution is 0.242. The molecule has 28 heavy (non-hydrogen) atoms.